The van der Waals surface area contributed by atoms with Gasteiger partial charge in [0.25, 0.3) is 25.8 Å². The van der Waals surface area contributed by atoms with Crippen molar-refractivity contribution in [2.24, 2.45) is 22.2 Å². The first-order valence-corrected chi connectivity index (χ1v) is 43.7. The van der Waals surface area contributed by atoms with E-state index in [-0.39, 0.29) is 59.0 Å². The Morgan fingerprint density at radius 1 is 0.757 bits per heavy atom. The van der Waals surface area contributed by atoms with Crippen molar-refractivity contribution in [1.29, 1.82) is 0 Å². The number of alkyl halides is 3. The number of nitrogens with one attached hydrogen (secondary N) is 4. The molecule has 5 N–H and O–H groups in total. The number of hydrogen-bond acceptors (Lipinski definition) is 17. The summed E-state index contributed by atoms with van der Waals surface area (Å²) in [6.07, 6.45) is 7.04. The zero-order valence-electron chi connectivity index (χ0n) is 64.2. The summed E-state index contributed by atoms with van der Waals surface area (Å²) >= 11 is 9.20. The lowest BCUT2D eigenvalue weighted by Gasteiger charge is -2.47. The average molecular weight is 1620 g/mol. The maximum absolute atomic E-state index is 14.7. The molecule has 0 bridgehead atoms. The van der Waals surface area contributed by atoms with Crippen LogP contribution in [0.15, 0.2) is 147 Å². The Hall–Kier alpha value is -7.57. The first-order valence-electron chi connectivity index (χ1n) is 38.5. The Kier molecular flexibility index (Phi) is 25.9. The summed E-state index contributed by atoms with van der Waals surface area (Å²) in [5.74, 6) is -1.71. The zero-order chi connectivity index (χ0) is 79.4. The number of aromatic nitrogens is 1. The molecule has 12 rings (SSSR count). The molecule has 111 heavy (non-hydrogen) atoms. The molecule has 5 fully saturated rings. The van der Waals surface area contributed by atoms with Crippen molar-refractivity contribution in [3.63, 3.8) is 0 Å². The van der Waals surface area contributed by atoms with Gasteiger partial charge in [-0.15, -0.1) is 23.1 Å². The number of benzene rings is 5. The molecule has 4 saturated heterocycles. The second-order valence-corrected chi connectivity index (χ2v) is 38.7. The molecule has 29 heteroatoms. The maximum atomic E-state index is 14.7. The van der Waals surface area contributed by atoms with E-state index < -0.39 is 88.2 Å². The quantitative estimate of drug-likeness (QED) is 0.0374. The maximum Gasteiger partial charge on any atom is 0.501 e. The molecule has 1 aromatic heterocycles. The third kappa shape index (κ3) is 20.2. The van der Waals surface area contributed by atoms with Crippen LogP contribution in [0, 0.1) is 29.1 Å². The Labute approximate surface area is 663 Å². The number of β-amino-alcohol motifs (C(OH)–C–C–N with tert-alkyl or cyclic N) is 1. The summed E-state index contributed by atoms with van der Waals surface area (Å²) in [5.41, 5.74) is 2.54. The predicted molar refractivity (Wildman–Crippen MR) is 430 cm³/mol. The van der Waals surface area contributed by atoms with Gasteiger partial charge < -0.3 is 40.7 Å². The molecule has 0 radical (unpaired) electrons. The smallest absolute Gasteiger partial charge is 0.391 e. The van der Waals surface area contributed by atoms with E-state index in [0.29, 0.717) is 89.3 Å². The summed E-state index contributed by atoms with van der Waals surface area (Å²) in [6, 6.07) is 30.7. The molecule has 6 aromatic rings. The topological polar surface area (TPSA) is 254 Å². The monoisotopic (exact) mass is 1620 g/mol. The van der Waals surface area contributed by atoms with Crippen LogP contribution in [0.2, 0.25) is 5.02 Å². The minimum atomic E-state index is -6.18. The van der Waals surface area contributed by atoms with Crippen molar-refractivity contribution in [3.8, 4) is 10.4 Å². The number of nitrogens with zero attached hydrogens (tertiary/aromatic N) is 7. The predicted octanol–water partition coefficient (Wildman–Crippen LogP) is 13.3. The van der Waals surface area contributed by atoms with Gasteiger partial charge in [-0.3, -0.25) is 29.0 Å². The fraction of sp³-hybridized carbons (Fsp3) is 0.512. The highest BCUT2D eigenvalue weighted by molar-refractivity contribution is 7.99. The van der Waals surface area contributed by atoms with Gasteiger partial charge in [-0.1, -0.05) is 106 Å². The van der Waals surface area contributed by atoms with Gasteiger partial charge >= 0.3 is 11.5 Å². The minimum Gasteiger partial charge on any atom is -0.391 e. The Morgan fingerprint density at radius 2 is 1.41 bits per heavy atom. The summed E-state index contributed by atoms with van der Waals surface area (Å²) in [7, 11) is -11.1. The summed E-state index contributed by atoms with van der Waals surface area (Å²) in [5, 5.41) is 20.7. The number of carbonyl (C=O) groups is 5. The Balaban J connectivity index is 0.613. The van der Waals surface area contributed by atoms with E-state index in [4.69, 9.17) is 11.6 Å². The number of aryl methyl sites for hydroxylation is 1. The molecule has 4 aliphatic heterocycles. The van der Waals surface area contributed by atoms with Crippen LogP contribution in [0.5, 0.6) is 0 Å². The number of anilines is 2. The van der Waals surface area contributed by atoms with Gasteiger partial charge in [0.2, 0.25) is 17.7 Å². The Bertz CT molecular complexity index is 4570. The number of aliphatic hydroxyl groups is 1. The number of piperazine rings is 2. The molecule has 0 unspecified atom stereocenters. The van der Waals surface area contributed by atoms with E-state index in [9.17, 15) is 59.1 Å². The molecule has 1 spiro atoms. The summed E-state index contributed by atoms with van der Waals surface area (Å²) < 4.78 is 101. The number of halogens is 4. The molecule has 5 atom stereocenters. The van der Waals surface area contributed by atoms with Crippen LogP contribution in [0.4, 0.5) is 29.3 Å². The number of sulfone groups is 1. The number of sulfonamides is 1. The van der Waals surface area contributed by atoms with Gasteiger partial charge in [-0.2, -0.15) is 13.2 Å². The van der Waals surface area contributed by atoms with Crippen molar-refractivity contribution < 1.29 is 59.1 Å². The highest BCUT2D eigenvalue weighted by Gasteiger charge is 2.50. The van der Waals surface area contributed by atoms with Gasteiger partial charge in [0.05, 0.1) is 38.8 Å². The molecule has 6 amide bonds. The van der Waals surface area contributed by atoms with Crippen molar-refractivity contribution in [2.45, 2.75) is 170 Å². The van der Waals surface area contributed by atoms with Crippen molar-refractivity contribution >= 4 is 101 Å². The molecule has 598 valence electrons. The number of piperidine rings is 1. The number of aliphatic hydroxyl groups excluding tert-OH is 1. The average Bonchev–Trinajstić information content (AvgIpc) is 1.10. The van der Waals surface area contributed by atoms with E-state index in [1.165, 1.54) is 45.5 Å². The van der Waals surface area contributed by atoms with Crippen molar-refractivity contribution in [2.75, 3.05) is 101 Å². The number of hydrogen-bond donors (Lipinski definition) is 5. The lowest BCUT2D eigenvalue weighted by molar-refractivity contribution is -0.142. The zero-order valence-corrected chi connectivity index (χ0v) is 68.2. The number of carbonyl (C=O) groups excluding carboxylic acids is 5. The number of amides is 6. The normalized spacial score (nSPS) is 20.5. The molecular weight excluding hydrogens is 1520 g/mol. The van der Waals surface area contributed by atoms with E-state index in [2.05, 4.69) is 61.6 Å². The van der Waals surface area contributed by atoms with Gasteiger partial charge in [0, 0.05) is 130 Å². The van der Waals surface area contributed by atoms with Crippen molar-refractivity contribution in [3.05, 3.63) is 160 Å². The number of allylic oxidation sites excluding steroid dienone is 1. The van der Waals surface area contributed by atoms with E-state index in [1.54, 1.807) is 33.9 Å². The standard InChI is InChI=1S/C82H103ClF3N11O10S4/c1-54(56-13-15-58(16-14-56)72-55(2)87-53-109-72)88-75(100)70-47-65(98)51-97(70)77(102)73(79(3,4)5)90-78(103)96-37-34-81(35-38-96)32-27-60(28-33-81)76(101)95-45-39-92(40-46-95)36-30-63(52-108-66-11-9-8-10-12-66)89-69-26-25-67(48-71(69)110(104,105)82(84,85)86)111(106,107)91-74(99)59-19-23-64(24-20-59)94-43-41-93(42-44-94)50-61-49-80(6,7)31-29-68(61)57-17-21-62(83)22-18-57/h8-26,48,53-54,60,63,65,70,73,89,98H,27-47,49-52H2,1-7H3,(H,88,100)(H,90,103)(H,91,99)/t54-,63+,65+,70-,73+/m0/s1. The SMILES string of the molecule is Cc1ncsc1-c1ccc([C@H](C)NC(=O)[C@@H]2C[C@@H](O)CN2C(=O)[C@@H](NC(=O)N2CCC3(CCC(C(=O)N4CCN(CC[C@H](CSc5ccccc5)Nc5ccc(S(=O)(=O)NC(=O)c6ccc(N7CCN(CC8=C(c9ccc(Cl)cc9)CCC(C)(C)C8)CC7)cc6)cc5S(=O)(=O)C(F)(F)F)CC4)CC3)CC2)C(C)(C)C)cc1. The molecule has 5 aromatic carbocycles. The molecule has 5 heterocycles. The van der Waals surface area contributed by atoms with Crippen LogP contribution in [0.3, 0.4) is 0 Å². The molecule has 21 nitrogen and oxygen atoms in total. The van der Waals surface area contributed by atoms with Gasteiger partial charge in [-0.05, 0) is 183 Å². The molecular formula is C82H103ClF3N11O10S4. The van der Waals surface area contributed by atoms with E-state index >= 15 is 0 Å². The fourth-order valence-electron chi connectivity index (χ4n) is 16.5. The number of likely N-dealkylation sites (tertiary alicyclic amines) is 2. The third-order valence-electron chi connectivity index (χ3n) is 23.3. The van der Waals surface area contributed by atoms with Crippen LogP contribution in [-0.4, -0.2) is 202 Å². The second kappa shape index (κ2) is 34.6. The minimum absolute atomic E-state index is 0.0356. The third-order valence-corrected chi connectivity index (χ3v) is 28.5. The van der Waals surface area contributed by atoms with Crippen LogP contribution in [0.1, 0.15) is 145 Å². The van der Waals surface area contributed by atoms with Crippen LogP contribution in [-0.2, 0) is 34.2 Å². The summed E-state index contributed by atoms with van der Waals surface area (Å²) in [4.78, 5) is 86.5. The number of urea groups is 1. The first-order chi connectivity index (χ1) is 52.6. The lowest BCUT2D eigenvalue weighted by Crippen LogP contribution is -2.60. The highest BCUT2D eigenvalue weighted by Crippen LogP contribution is 2.48. The molecule has 6 aliphatic rings. The summed E-state index contributed by atoms with van der Waals surface area (Å²) in [6.45, 7) is 21.1. The van der Waals surface area contributed by atoms with Gasteiger partial charge in [0.1, 0.15) is 17.0 Å². The first kappa shape index (κ1) is 82.9. The highest BCUT2D eigenvalue weighted by atomic mass is 35.5. The number of rotatable bonds is 23. The fourth-order valence-corrected chi connectivity index (χ4v) is 20.5. The molecule has 2 aliphatic carbocycles. The van der Waals surface area contributed by atoms with Gasteiger partial charge in [0.15, 0.2) is 0 Å². The van der Waals surface area contributed by atoms with Crippen molar-refractivity contribution in [1.82, 2.24) is 44.8 Å². The van der Waals surface area contributed by atoms with E-state index in [0.717, 1.165) is 109 Å². The van der Waals surface area contributed by atoms with Crippen LogP contribution < -0.4 is 25.6 Å². The lowest BCUT2D eigenvalue weighted by atomic mass is 9.65. The molecule has 1 saturated carbocycles. The van der Waals surface area contributed by atoms with Crippen LogP contribution in [0.25, 0.3) is 16.0 Å². The van der Waals surface area contributed by atoms with E-state index in [1.807, 2.05) is 111 Å². The van der Waals surface area contributed by atoms with Gasteiger partial charge in [-0.25, -0.2) is 31.3 Å². The van der Waals surface area contributed by atoms with Crippen LogP contribution >= 0.6 is 34.7 Å². The number of thioether (sulfide) groups is 1. The largest absolute Gasteiger partial charge is 0.501 e. The number of thiazole rings is 1. The Morgan fingerprint density at radius 3 is 2.04 bits per heavy atom. The second-order valence-electron chi connectivity index (χ2n) is 32.7.